The Labute approximate surface area is 75.6 Å². The number of esters is 1. The largest absolute Gasteiger partial charge is 0.423 e. The van der Waals surface area contributed by atoms with Gasteiger partial charge in [-0.05, 0) is 12.1 Å². The molecule has 0 saturated heterocycles. The van der Waals surface area contributed by atoms with Crippen molar-refractivity contribution in [2.75, 3.05) is 0 Å². The summed E-state index contributed by atoms with van der Waals surface area (Å²) in [6.45, 7) is 3.23. The first kappa shape index (κ1) is 9.19. The maximum absolute atomic E-state index is 11.0. The van der Waals surface area contributed by atoms with Crippen molar-refractivity contribution in [3.8, 4) is 5.75 Å². The van der Waals surface area contributed by atoms with Crippen molar-refractivity contribution < 1.29 is 14.3 Å². The number of carbonyl (C=O) groups excluding carboxylic acids is 2. The summed E-state index contributed by atoms with van der Waals surface area (Å²) >= 11 is 0. The van der Waals surface area contributed by atoms with E-state index in [2.05, 4.69) is 6.58 Å². The Morgan fingerprint density at radius 3 is 2.46 bits per heavy atom. The van der Waals surface area contributed by atoms with Crippen molar-refractivity contribution >= 4 is 12.3 Å². The second-order valence-corrected chi connectivity index (χ2v) is 2.35. The predicted octanol–water partition coefficient (Wildman–Crippen LogP) is 1.35. The minimum atomic E-state index is -0.721. The van der Waals surface area contributed by atoms with Crippen LogP contribution >= 0.6 is 0 Å². The van der Waals surface area contributed by atoms with Gasteiger partial charge in [0.1, 0.15) is 5.75 Å². The Balaban J connectivity index is 2.65. The van der Waals surface area contributed by atoms with Gasteiger partial charge in [0.25, 0.3) is 0 Å². The molecule has 0 saturated carbocycles. The van der Waals surface area contributed by atoms with Crippen LogP contribution in [0.2, 0.25) is 0 Å². The monoisotopic (exact) mass is 176 g/mol. The number of rotatable bonds is 3. The van der Waals surface area contributed by atoms with Crippen molar-refractivity contribution in [3.63, 3.8) is 0 Å². The van der Waals surface area contributed by atoms with Gasteiger partial charge in [-0.25, -0.2) is 4.79 Å². The van der Waals surface area contributed by atoms with E-state index in [0.717, 1.165) is 0 Å². The molecule has 0 atom stereocenters. The van der Waals surface area contributed by atoms with E-state index in [4.69, 9.17) is 4.74 Å². The average Bonchev–Trinajstić information content (AvgIpc) is 2.18. The maximum Gasteiger partial charge on any atom is 0.346 e. The smallest absolute Gasteiger partial charge is 0.346 e. The fraction of sp³-hybridized carbons (Fsp3) is 0. The highest BCUT2D eigenvalue weighted by molar-refractivity contribution is 6.07. The van der Waals surface area contributed by atoms with E-state index in [1.54, 1.807) is 30.3 Å². The standard InChI is InChI=1S/C10H8O3/c1-8(7-11)10(12)13-9-5-3-2-4-6-9/h2-7H,1H2. The van der Waals surface area contributed by atoms with Crippen molar-refractivity contribution in [2.24, 2.45) is 0 Å². The van der Waals surface area contributed by atoms with Crippen molar-refractivity contribution in [3.05, 3.63) is 42.5 Å². The molecule has 1 aromatic carbocycles. The van der Waals surface area contributed by atoms with E-state index in [1.165, 1.54) is 0 Å². The molecule has 1 aromatic rings. The maximum atomic E-state index is 11.0. The number of aldehydes is 1. The van der Waals surface area contributed by atoms with Gasteiger partial charge in [0, 0.05) is 0 Å². The summed E-state index contributed by atoms with van der Waals surface area (Å²) < 4.78 is 4.80. The van der Waals surface area contributed by atoms with Gasteiger partial charge in [-0.2, -0.15) is 0 Å². The third-order valence-electron chi connectivity index (χ3n) is 1.36. The minimum Gasteiger partial charge on any atom is -0.423 e. The Morgan fingerprint density at radius 1 is 1.31 bits per heavy atom. The molecule has 0 bridgehead atoms. The summed E-state index contributed by atoms with van der Waals surface area (Å²) in [5, 5.41) is 0. The lowest BCUT2D eigenvalue weighted by atomic mass is 10.3. The molecule has 66 valence electrons. The van der Waals surface area contributed by atoms with Crippen LogP contribution in [0.4, 0.5) is 0 Å². The zero-order chi connectivity index (χ0) is 9.68. The molecule has 0 N–H and O–H groups in total. The second kappa shape index (κ2) is 4.21. The van der Waals surface area contributed by atoms with Crippen LogP contribution < -0.4 is 4.74 Å². The van der Waals surface area contributed by atoms with E-state index in [1.807, 2.05) is 0 Å². The van der Waals surface area contributed by atoms with Crippen LogP contribution in [0.1, 0.15) is 0 Å². The predicted molar refractivity (Wildman–Crippen MR) is 47.3 cm³/mol. The zero-order valence-corrected chi connectivity index (χ0v) is 6.90. The normalized spacial score (nSPS) is 8.92. The third kappa shape index (κ3) is 2.56. The molecule has 0 aliphatic rings. The molecule has 0 fully saturated rings. The van der Waals surface area contributed by atoms with Crippen molar-refractivity contribution in [1.82, 2.24) is 0 Å². The molecule has 3 heteroatoms. The van der Waals surface area contributed by atoms with E-state index in [9.17, 15) is 9.59 Å². The summed E-state index contributed by atoms with van der Waals surface area (Å²) in [5.74, 6) is -0.322. The van der Waals surface area contributed by atoms with Gasteiger partial charge < -0.3 is 4.74 Å². The molecule has 1 rings (SSSR count). The Bertz CT molecular complexity index is 327. The number of carbonyl (C=O) groups is 2. The van der Waals surface area contributed by atoms with Crippen LogP contribution in [0, 0.1) is 0 Å². The van der Waals surface area contributed by atoms with E-state index < -0.39 is 5.97 Å². The highest BCUT2D eigenvalue weighted by Gasteiger charge is 2.07. The Morgan fingerprint density at radius 2 is 1.92 bits per heavy atom. The molecular formula is C10H8O3. The zero-order valence-electron chi connectivity index (χ0n) is 6.90. The van der Waals surface area contributed by atoms with Crippen LogP contribution in [-0.2, 0) is 9.59 Å². The summed E-state index contributed by atoms with van der Waals surface area (Å²) in [6.07, 6.45) is 0.366. The summed E-state index contributed by atoms with van der Waals surface area (Å²) in [5.41, 5.74) is -0.191. The average molecular weight is 176 g/mol. The first-order valence-electron chi connectivity index (χ1n) is 3.65. The van der Waals surface area contributed by atoms with E-state index in [-0.39, 0.29) is 5.57 Å². The van der Waals surface area contributed by atoms with Crippen LogP contribution in [0.5, 0.6) is 5.75 Å². The van der Waals surface area contributed by atoms with Crippen LogP contribution in [0.25, 0.3) is 0 Å². The van der Waals surface area contributed by atoms with E-state index >= 15 is 0 Å². The Hall–Kier alpha value is -1.90. The topological polar surface area (TPSA) is 43.4 Å². The molecule has 0 spiro atoms. The lowest BCUT2D eigenvalue weighted by molar-refractivity contribution is -0.131. The van der Waals surface area contributed by atoms with Crippen molar-refractivity contribution in [2.45, 2.75) is 0 Å². The lowest BCUT2D eigenvalue weighted by Gasteiger charge is -2.01. The highest BCUT2D eigenvalue weighted by atomic mass is 16.5. The minimum absolute atomic E-state index is 0.191. The van der Waals surface area contributed by atoms with Gasteiger partial charge in [-0.15, -0.1) is 0 Å². The molecule has 0 heterocycles. The highest BCUT2D eigenvalue weighted by Crippen LogP contribution is 2.09. The molecule has 0 aliphatic carbocycles. The van der Waals surface area contributed by atoms with Gasteiger partial charge in [-0.3, -0.25) is 4.79 Å². The molecule has 0 aromatic heterocycles. The number of benzene rings is 1. The fourth-order valence-corrected chi connectivity index (χ4v) is 0.709. The second-order valence-electron chi connectivity index (χ2n) is 2.35. The third-order valence-corrected chi connectivity index (χ3v) is 1.36. The van der Waals surface area contributed by atoms with Gasteiger partial charge in [0.15, 0.2) is 6.29 Å². The Kier molecular flexibility index (Phi) is 2.97. The van der Waals surface area contributed by atoms with Crippen LogP contribution in [0.15, 0.2) is 42.5 Å². The number of para-hydroxylation sites is 1. The first-order valence-corrected chi connectivity index (χ1v) is 3.65. The van der Waals surface area contributed by atoms with Crippen LogP contribution in [-0.4, -0.2) is 12.3 Å². The number of hydrogen-bond donors (Lipinski definition) is 0. The lowest BCUT2D eigenvalue weighted by Crippen LogP contribution is -2.10. The molecule has 0 aliphatic heterocycles. The van der Waals surface area contributed by atoms with Gasteiger partial charge >= 0.3 is 5.97 Å². The van der Waals surface area contributed by atoms with E-state index in [0.29, 0.717) is 12.0 Å². The molecule has 3 nitrogen and oxygen atoms in total. The number of hydrogen-bond acceptors (Lipinski definition) is 3. The molecular weight excluding hydrogens is 168 g/mol. The first-order chi connectivity index (χ1) is 6.24. The molecule has 0 unspecified atom stereocenters. The summed E-state index contributed by atoms with van der Waals surface area (Å²) in [6, 6.07) is 8.50. The van der Waals surface area contributed by atoms with Gasteiger partial charge in [0.2, 0.25) is 0 Å². The molecule has 0 radical (unpaired) electrons. The number of ether oxygens (including phenoxy) is 1. The molecule has 0 amide bonds. The van der Waals surface area contributed by atoms with Gasteiger partial charge in [-0.1, -0.05) is 24.8 Å². The fourth-order valence-electron chi connectivity index (χ4n) is 0.709. The SMILES string of the molecule is C=C(C=O)C(=O)Oc1ccccc1. The summed E-state index contributed by atoms with van der Waals surface area (Å²) in [7, 11) is 0. The van der Waals surface area contributed by atoms with Gasteiger partial charge in [0.05, 0.1) is 5.57 Å². The summed E-state index contributed by atoms with van der Waals surface area (Å²) in [4.78, 5) is 21.1. The molecule has 13 heavy (non-hydrogen) atoms. The van der Waals surface area contributed by atoms with Crippen LogP contribution in [0.3, 0.4) is 0 Å². The quantitative estimate of drug-likeness (QED) is 0.174. The van der Waals surface area contributed by atoms with Crippen molar-refractivity contribution in [1.29, 1.82) is 0 Å².